The lowest BCUT2D eigenvalue weighted by Crippen LogP contribution is -2.26. The van der Waals surface area contributed by atoms with Gasteiger partial charge in [-0.1, -0.05) is 12.1 Å². The lowest BCUT2D eigenvalue weighted by Gasteiger charge is -2.06. The Balaban J connectivity index is 2.08. The molecule has 0 aliphatic carbocycles. The van der Waals surface area contributed by atoms with Crippen molar-refractivity contribution in [2.45, 2.75) is 19.1 Å². The predicted molar refractivity (Wildman–Crippen MR) is 83.3 cm³/mol. The highest BCUT2D eigenvalue weighted by Gasteiger charge is 2.01. The normalized spacial score (nSPS) is 10.3. The van der Waals surface area contributed by atoms with Crippen molar-refractivity contribution < 1.29 is 14.3 Å². The molecule has 5 heteroatoms. The molecule has 1 amide bonds. The smallest absolute Gasteiger partial charge is 0.230 e. The van der Waals surface area contributed by atoms with Crippen LogP contribution in [0.3, 0.4) is 0 Å². The van der Waals surface area contributed by atoms with Gasteiger partial charge in [-0.15, -0.1) is 11.8 Å². The summed E-state index contributed by atoms with van der Waals surface area (Å²) < 4.78 is 10.3. The number of carbonyl (C=O) groups is 1. The Kier molecular flexibility index (Phi) is 8.91. The van der Waals surface area contributed by atoms with Gasteiger partial charge in [0.25, 0.3) is 0 Å². The van der Waals surface area contributed by atoms with E-state index in [0.29, 0.717) is 18.9 Å². The summed E-state index contributed by atoms with van der Waals surface area (Å²) in [5.41, 5.74) is 1.19. The van der Waals surface area contributed by atoms with Crippen molar-refractivity contribution in [3.8, 4) is 5.75 Å². The molecule has 0 fully saturated rings. The fourth-order valence-electron chi connectivity index (χ4n) is 1.58. The minimum absolute atomic E-state index is 0.0833. The lowest BCUT2D eigenvalue weighted by atomic mass is 10.2. The zero-order valence-electron chi connectivity index (χ0n) is 12.2. The van der Waals surface area contributed by atoms with E-state index in [9.17, 15) is 4.79 Å². The minimum atomic E-state index is 0.0833. The SMILES string of the molecule is CCOCCCNC(=O)CSCc1ccc(OC)cc1. The molecule has 0 radical (unpaired) electrons. The van der Waals surface area contributed by atoms with Crippen molar-refractivity contribution in [2.75, 3.05) is 32.6 Å². The first-order valence-electron chi connectivity index (χ1n) is 6.81. The third-order valence-corrected chi connectivity index (χ3v) is 3.66. The van der Waals surface area contributed by atoms with E-state index in [1.165, 1.54) is 5.56 Å². The first-order valence-corrected chi connectivity index (χ1v) is 7.97. The number of hydrogen-bond acceptors (Lipinski definition) is 4. The van der Waals surface area contributed by atoms with Crippen LogP contribution in [-0.2, 0) is 15.3 Å². The van der Waals surface area contributed by atoms with Gasteiger partial charge in [0.1, 0.15) is 5.75 Å². The standard InChI is InChI=1S/C15H23NO3S/c1-3-19-10-4-9-16-15(17)12-20-11-13-5-7-14(18-2)8-6-13/h5-8H,3-4,9-12H2,1-2H3,(H,16,17). The molecule has 0 unspecified atom stereocenters. The second-order valence-electron chi connectivity index (χ2n) is 4.24. The molecule has 0 aliphatic rings. The Morgan fingerprint density at radius 2 is 2.05 bits per heavy atom. The molecule has 0 saturated carbocycles. The van der Waals surface area contributed by atoms with Gasteiger partial charge in [0.2, 0.25) is 5.91 Å². The molecule has 0 heterocycles. The molecule has 1 N–H and O–H groups in total. The van der Waals surface area contributed by atoms with Crippen LogP contribution < -0.4 is 10.1 Å². The summed E-state index contributed by atoms with van der Waals surface area (Å²) >= 11 is 1.61. The zero-order chi connectivity index (χ0) is 14.6. The molecule has 20 heavy (non-hydrogen) atoms. The number of amides is 1. The van der Waals surface area contributed by atoms with Gasteiger partial charge in [-0.2, -0.15) is 0 Å². The summed E-state index contributed by atoms with van der Waals surface area (Å²) in [5.74, 6) is 2.25. The summed E-state index contributed by atoms with van der Waals surface area (Å²) in [7, 11) is 1.65. The first-order chi connectivity index (χ1) is 9.76. The average molecular weight is 297 g/mol. The van der Waals surface area contributed by atoms with Crippen LogP contribution in [0.5, 0.6) is 5.75 Å². The summed E-state index contributed by atoms with van der Waals surface area (Å²) in [4.78, 5) is 11.6. The maximum absolute atomic E-state index is 11.6. The van der Waals surface area contributed by atoms with Gasteiger partial charge >= 0.3 is 0 Å². The van der Waals surface area contributed by atoms with Gasteiger partial charge in [0, 0.05) is 25.5 Å². The minimum Gasteiger partial charge on any atom is -0.497 e. The van der Waals surface area contributed by atoms with Crippen LogP contribution in [0.25, 0.3) is 0 Å². The molecule has 1 aromatic carbocycles. The third-order valence-electron chi connectivity index (χ3n) is 2.65. The Bertz CT molecular complexity index is 381. The van der Waals surface area contributed by atoms with Crippen molar-refractivity contribution in [1.29, 1.82) is 0 Å². The van der Waals surface area contributed by atoms with Gasteiger partial charge in [-0.25, -0.2) is 0 Å². The van der Waals surface area contributed by atoms with Crippen LogP contribution in [0, 0.1) is 0 Å². The van der Waals surface area contributed by atoms with Gasteiger partial charge in [-0.3, -0.25) is 4.79 Å². The van der Waals surface area contributed by atoms with Crippen molar-refractivity contribution in [3.05, 3.63) is 29.8 Å². The number of thioether (sulfide) groups is 1. The van der Waals surface area contributed by atoms with Crippen molar-refractivity contribution in [3.63, 3.8) is 0 Å². The Hall–Kier alpha value is -1.20. The van der Waals surface area contributed by atoms with Gasteiger partial charge in [-0.05, 0) is 31.0 Å². The number of nitrogens with one attached hydrogen (secondary N) is 1. The molecule has 0 spiro atoms. The predicted octanol–water partition coefficient (Wildman–Crippen LogP) is 2.47. The van der Waals surface area contributed by atoms with E-state index in [2.05, 4.69) is 5.32 Å². The third kappa shape index (κ3) is 7.40. The van der Waals surface area contributed by atoms with Gasteiger partial charge < -0.3 is 14.8 Å². The van der Waals surface area contributed by atoms with E-state index in [1.807, 2.05) is 31.2 Å². The molecular weight excluding hydrogens is 274 g/mol. The van der Waals surface area contributed by atoms with Gasteiger partial charge in [0.15, 0.2) is 0 Å². The van der Waals surface area contributed by atoms with E-state index in [0.717, 1.165) is 24.5 Å². The van der Waals surface area contributed by atoms with Crippen LogP contribution in [0.4, 0.5) is 0 Å². The monoisotopic (exact) mass is 297 g/mol. The Labute approximate surface area is 125 Å². The summed E-state index contributed by atoms with van der Waals surface area (Å²) in [6.07, 6.45) is 0.864. The molecule has 4 nitrogen and oxygen atoms in total. The van der Waals surface area contributed by atoms with E-state index >= 15 is 0 Å². The molecule has 0 bridgehead atoms. The van der Waals surface area contributed by atoms with Crippen LogP contribution in [0.2, 0.25) is 0 Å². The second-order valence-corrected chi connectivity index (χ2v) is 5.23. The molecule has 1 rings (SSSR count). The maximum atomic E-state index is 11.6. The number of rotatable bonds is 10. The van der Waals surface area contributed by atoms with E-state index in [1.54, 1.807) is 18.9 Å². The molecule has 112 valence electrons. The number of hydrogen-bond donors (Lipinski definition) is 1. The quantitative estimate of drug-likeness (QED) is 0.674. The molecule has 0 aromatic heterocycles. The second kappa shape index (κ2) is 10.6. The summed E-state index contributed by atoms with van der Waals surface area (Å²) in [6, 6.07) is 7.91. The van der Waals surface area contributed by atoms with Crippen molar-refractivity contribution in [1.82, 2.24) is 5.32 Å². The van der Waals surface area contributed by atoms with E-state index < -0.39 is 0 Å². The number of methoxy groups -OCH3 is 1. The fraction of sp³-hybridized carbons (Fsp3) is 0.533. The fourth-order valence-corrected chi connectivity index (χ4v) is 2.40. The average Bonchev–Trinajstić information content (AvgIpc) is 2.48. The highest BCUT2D eigenvalue weighted by molar-refractivity contribution is 7.99. The molecular formula is C15H23NO3S. The number of benzene rings is 1. The molecule has 1 aromatic rings. The molecule has 0 saturated heterocycles. The van der Waals surface area contributed by atoms with Crippen LogP contribution in [0.1, 0.15) is 18.9 Å². The molecule has 0 aliphatic heterocycles. The van der Waals surface area contributed by atoms with Crippen molar-refractivity contribution >= 4 is 17.7 Å². The number of ether oxygens (including phenoxy) is 2. The van der Waals surface area contributed by atoms with Crippen LogP contribution in [0.15, 0.2) is 24.3 Å². The largest absolute Gasteiger partial charge is 0.497 e. The topological polar surface area (TPSA) is 47.6 Å². The summed E-state index contributed by atoms with van der Waals surface area (Å²) in [5, 5.41) is 2.89. The molecule has 0 atom stereocenters. The Morgan fingerprint density at radius 3 is 2.70 bits per heavy atom. The summed E-state index contributed by atoms with van der Waals surface area (Å²) in [6.45, 7) is 4.08. The number of carbonyl (C=O) groups excluding carboxylic acids is 1. The van der Waals surface area contributed by atoms with Gasteiger partial charge in [0.05, 0.1) is 12.9 Å². The van der Waals surface area contributed by atoms with Crippen LogP contribution in [-0.4, -0.2) is 38.5 Å². The van der Waals surface area contributed by atoms with Crippen molar-refractivity contribution in [2.24, 2.45) is 0 Å². The highest BCUT2D eigenvalue weighted by Crippen LogP contribution is 2.16. The van der Waals surface area contributed by atoms with E-state index in [-0.39, 0.29) is 5.91 Å². The first kappa shape index (κ1) is 16.9. The highest BCUT2D eigenvalue weighted by atomic mass is 32.2. The lowest BCUT2D eigenvalue weighted by molar-refractivity contribution is -0.118. The Morgan fingerprint density at radius 1 is 1.30 bits per heavy atom. The zero-order valence-corrected chi connectivity index (χ0v) is 13.0. The van der Waals surface area contributed by atoms with E-state index in [4.69, 9.17) is 9.47 Å². The van der Waals surface area contributed by atoms with Crippen LogP contribution >= 0.6 is 11.8 Å². The maximum Gasteiger partial charge on any atom is 0.230 e.